The molecule has 0 bridgehead atoms. The van der Waals surface area contributed by atoms with Gasteiger partial charge in [0.1, 0.15) is 0 Å². The Morgan fingerprint density at radius 2 is 2.06 bits per heavy atom. The third-order valence-corrected chi connectivity index (χ3v) is 3.13. The van der Waals surface area contributed by atoms with Gasteiger partial charge in [0.2, 0.25) is 0 Å². The molecular formula is C13H25NO2. The summed E-state index contributed by atoms with van der Waals surface area (Å²) in [6, 6.07) is 0.483. The van der Waals surface area contributed by atoms with Crippen molar-refractivity contribution in [2.75, 3.05) is 13.7 Å². The molecule has 2 unspecified atom stereocenters. The van der Waals surface area contributed by atoms with Crippen molar-refractivity contribution >= 4 is 5.97 Å². The van der Waals surface area contributed by atoms with Crippen molar-refractivity contribution in [3.63, 3.8) is 0 Å². The van der Waals surface area contributed by atoms with Crippen LogP contribution in [0.25, 0.3) is 0 Å². The van der Waals surface area contributed by atoms with Crippen molar-refractivity contribution in [2.45, 2.75) is 52.5 Å². The second-order valence-electron chi connectivity index (χ2n) is 6.03. The lowest BCUT2D eigenvalue weighted by atomic mass is 9.85. The van der Waals surface area contributed by atoms with Crippen LogP contribution in [-0.2, 0) is 9.53 Å². The molecule has 1 saturated carbocycles. The van der Waals surface area contributed by atoms with Gasteiger partial charge in [-0.05, 0) is 24.7 Å². The predicted octanol–water partition coefficient (Wildman–Crippen LogP) is 2.35. The highest BCUT2D eigenvalue weighted by Crippen LogP contribution is 2.25. The van der Waals surface area contributed by atoms with E-state index < -0.39 is 0 Å². The highest BCUT2D eigenvalue weighted by molar-refractivity contribution is 5.72. The lowest BCUT2D eigenvalue weighted by molar-refractivity contribution is -0.146. The smallest absolute Gasteiger partial charge is 0.308 e. The van der Waals surface area contributed by atoms with E-state index in [1.807, 2.05) is 0 Å². The SMILES string of the molecule is COC(=O)C1CCCC(NCC(C)(C)C)C1. The van der Waals surface area contributed by atoms with Crippen molar-refractivity contribution < 1.29 is 9.53 Å². The Bertz CT molecular complexity index is 233. The number of carbonyl (C=O) groups is 1. The maximum atomic E-state index is 11.5. The van der Waals surface area contributed by atoms with E-state index in [-0.39, 0.29) is 11.9 Å². The summed E-state index contributed by atoms with van der Waals surface area (Å²) in [5.41, 5.74) is 0.304. The summed E-state index contributed by atoms with van der Waals surface area (Å²) in [4.78, 5) is 11.5. The first kappa shape index (κ1) is 13.5. The molecule has 94 valence electrons. The van der Waals surface area contributed by atoms with Gasteiger partial charge in [-0.3, -0.25) is 4.79 Å². The fourth-order valence-electron chi connectivity index (χ4n) is 2.21. The molecule has 0 aromatic rings. The van der Waals surface area contributed by atoms with E-state index in [2.05, 4.69) is 26.1 Å². The number of hydrogen-bond donors (Lipinski definition) is 1. The first-order valence-electron chi connectivity index (χ1n) is 6.23. The molecule has 2 atom stereocenters. The second kappa shape index (κ2) is 5.67. The Labute approximate surface area is 98.9 Å². The van der Waals surface area contributed by atoms with Gasteiger partial charge < -0.3 is 10.1 Å². The standard InChI is InChI=1S/C13H25NO2/c1-13(2,3)9-14-11-7-5-6-10(8-11)12(15)16-4/h10-11,14H,5-9H2,1-4H3. The maximum Gasteiger partial charge on any atom is 0.308 e. The highest BCUT2D eigenvalue weighted by Gasteiger charge is 2.28. The van der Waals surface area contributed by atoms with Crippen LogP contribution in [0.1, 0.15) is 46.5 Å². The van der Waals surface area contributed by atoms with Gasteiger partial charge in [0.15, 0.2) is 0 Å². The van der Waals surface area contributed by atoms with E-state index in [1.165, 1.54) is 13.5 Å². The third-order valence-electron chi connectivity index (χ3n) is 3.13. The van der Waals surface area contributed by atoms with Crippen LogP contribution < -0.4 is 5.32 Å². The topological polar surface area (TPSA) is 38.3 Å². The number of rotatable bonds is 3. The van der Waals surface area contributed by atoms with Crippen LogP contribution in [0.4, 0.5) is 0 Å². The number of esters is 1. The van der Waals surface area contributed by atoms with Crippen LogP contribution in [0.5, 0.6) is 0 Å². The lowest BCUT2D eigenvalue weighted by Gasteiger charge is -2.30. The summed E-state index contributed by atoms with van der Waals surface area (Å²) in [6.07, 6.45) is 4.23. The van der Waals surface area contributed by atoms with Gasteiger partial charge in [-0.25, -0.2) is 0 Å². The maximum absolute atomic E-state index is 11.5. The Kier molecular flexibility index (Phi) is 4.78. The zero-order valence-electron chi connectivity index (χ0n) is 11.0. The minimum Gasteiger partial charge on any atom is -0.469 e. The lowest BCUT2D eigenvalue weighted by Crippen LogP contribution is -2.40. The minimum absolute atomic E-state index is 0.0396. The Hall–Kier alpha value is -0.570. The molecular weight excluding hydrogens is 202 g/mol. The number of ether oxygens (including phenoxy) is 1. The summed E-state index contributed by atoms with van der Waals surface area (Å²) < 4.78 is 4.82. The average Bonchev–Trinajstić information content (AvgIpc) is 2.25. The number of carbonyl (C=O) groups excluding carboxylic acids is 1. The second-order valence-corrected chi connectivity index (χ2v) is 6.03. The molecule has 0 saturated heterocycles. The molecule has 1 fully saturated rings. The zero-order chi connectivity index (χ0) is 12.2. The highest BCUT2D eigenvalue weighted by atomic mass is 16.5. The molecule has 0 aliphatic heterocycles. The van der Waals surface area contributed by atoms with E-state index in [1.54, 1.807) is 0 Å². The third kappa shape index (κ3) is 4.52. The van der Waals surface area contributed by atoms with Gasteiger partial charge in [0.25, 0.3) is 0 Å². The first-order valence-corrected chi connectivity index (χ1v) is 6.23. The predicted molar refractivity (Wildman–Crippen MR) is 65.2 cm³/mol. The molecule has 1 aliphatic carbocycles. The molecule has 0 spiro atoms. The zero-order valence-corrected chi connectivity index (χ0v) is 11.0. The van der Waals surface area contributed by atoms with Crippen LogP contribution in [0.2, 0.25) is 0 Å². The molecule has 0 radical (unpaired) electrons. The van der Waals surface area contributed by atoms with Crippen LogP contribution >= 0.6 is 0 Å². The van der Waals surface area contributed by atoms with Crippen molar-refractivity contribution in [1.29, 1.82) is 0 Å². The molecule has 1 N–H and O–H groups in total. The van der Waals surface area contributed by atoms with E-state index in [9.17, 15) is 4.79 Å². The normalized spacial score (nSPS) is 26.5. The van der Waals surface area contributed by atoms with Crippen molar-refractivity contribution in [3.8, 4) is 0 Å². The van der Waals surface area contributed by atoms with E-state index in [0.29, 0.717) is 11.5 Å². The van der Waals surface area contributed by atoms with E-state index in [4.69, 9.17) is 4.74 Å². The Morgan fingerprint density at radius 3 is 2.62 bits per heavy atom. The quantitative estimate of drug-likeness (QED) is 0.752. The summed E-state index contributed by atoms with van der Waals surface area (Å²) in [6.45, 7) is 7.67. The van der Waals surface area contributed by atoms with Crippen LogP contribution in [0, 0.1) is 11.3 Å². The average molecular weight is 227 g/mol. The summed E-state index contributed by atoms with van der Waals surface area (Å²) >= 11 is 0. The van der Waals surface area contributed by atoms with Gasteiger partial charge in [0.05, 0.1) is 13.0 Å². The largest absolute Gasteiger partial charge is 0.469 e. The van der Waals surface area contributed by atoms with E-state index >= 15 is 0 Å². The van der Waals surface area contributed by atoms with Gasteiger partial charge in [-0.15, -0.1) is 0 Å². The van der Waals surface area contributed by atoms with Crippen LogP contribution in [-0.4, -0.2) is 25.7 Å². The van der Waals surface area contributed by atoms with Crippen molar-refractivity contribution in [1.82, 2.24) is 5.32 Å². The minimum atomic E-state index is -0.0396. The van der Waals surface area contributed by atoms with Crippen molar-refractivity contribution in [2.24, 2.45) is 11.3 Å². The molecule has 0 aromatic carbocycles. The number of hydrogen-bond acceptors (Lipinski definition) is 3. The van der Waals surface area contributed by atoms with Crippen LogP contribution in [0.3, 0.4) is 0 Å². The molecule has 3 heteroatoms. The monoisotopic (exact) mass is 227 g/mol. The molecule has 0 heterocycles. The number of methoxy groups -OCH3 is 1. The van der Waals surface area contributed by atoms with Crippen LogP contribution in [0.15, 0.2) is 0 Å². The summed E-state index contributed by atoms with van der Waals surface area (Å²) in [5.74, 6) is 0.0680. The first-order chi connectivity index (χ1) is 7.42. The van der Waals surface area contributed by atoms with Crippen molar-refractivity contribution in [3.05, 3.63) is 0 Å². The van der Waals surface area contributed by atoms with E-state index in [0.717, 1.165) is 25.8 Å². The fraction of sp³-hybridized carbons (Fsp3) is 0.923. The molecule has 0 aromatic heterocycles. The molecule has 0 amide bonds. The van der Waals surface area contributed by atoms with Gasteiger partial charge in [-0.1, -0.05) is 27.2 Å². The molecule has 1 aliphatic rings. The van der Waals surface area contributed by atoms with Gasteiger partial charge >= 0.3 is 5.97 Å². The Balaban J connectivity index is 2.36. The molecule has 3 nitrogen and oxygen atoms in total. The summed E-state index contributed by atoms with van der Waals surface area (Å²) in [5, 5.41) is 3.56. The molecule has 16 heavy (non-hydrogen) atoms. The van der Waals surface area contributed by atoms with Gasteiger partial charge in [0, 0.05) is 12.6 Å². The fourth-order valence-corrected chi connectivity index (χ4v) is 2.21. The number of nitrogens with one attached hydrogen (secondary N) is 1. The molecule has 1 rings (SSSR count). The Morgan fingerprint density at radius 1 is 1.38 bits per heavy atom. The summed E-state index contributed by atoms with van der Waals surface area (Å²) in [7, 11) is 1.48. The van der Waals surface area contributed by atoms with Gasteiger partial charge in [-0.2, -0.15) is 0 Å².